The zero-order chi connectivity index (χ0) is 17.2. The molecule has 1 amide bonds. The molecule has 0 spiro atoms. The van der Waals surface area contributed by atoms with Crippen LogP contribution in [-0.2, 0) is 0 Å². The third-order valence-electron chi connectivity index (χ3n) is 5.22. The highest BCUT2D eigenvalue weighted by molar-refractivity contribution is 5.95. The molecular weight excluding hydrogens is 385 g/mol. The Bertz CT molecular complexity index is 770. The summed E-state index contributed by atoms with van der Waals surface area (Å²) in [6.07, 6.45) is 6.91. The van der Waals surface area contributed by atoms with Gasteiger partial charge in [-0.25, -0.2) is 0 Å². The summed E-state index contributed by atoms with van der Waals surface area (Å²) < 4.78 is 5.20. The Morgan fingerprint density at radius 2 is 1.81 bits per heavy atom. The molecule has 2 unspecified atom stereocenters. The molecule has 7 heteroatoms. The van der Waals surface area contributed by atoms with Gasteiger partial charge in [-0.3, -0.25) is 9.78 Å². The van der Waals surface area contributed by atoms with Crippen molar-refractivity contribution in [3.63, 3.8) is 0 Å². The Morgan fingerprint density at radius 1 is 1.07 bits per heavy atom. The molecule has 2 aromatic rings. The number of hydrogen-bond acceptors (Lipinski definition) is 4. The van der Waals surface area contributed by atoms with E-state index in [1.807, 2.05) is 35.2 Å². The second-order valence-electron chi connectivity index (χ2n) is 6.87. The third-order valence-corrected chi connectivity index (χ3v) is 5.22. The SMILES string of the molecule is COc1ccc(-c2cncc(C(=O)N3CCC4CCC(C3)N4)c2)cc1.Cl.Cl. The number of amides is 1. The summed E-state index contributed by atoms with van der Waals surface area (Å²) >= 11 is 0. The summed E-state index contributed by atoms with van der Waals surface area (Å²) in [5, 5.41) is 3.62. The van der Waals surface area contributed by atoms with Gasteiger partial charge in [0.25, 0.3) is 5.91 Å². The highest BCUT2D eigenvalue weighted by atomic mass is 35.5. The van der Waals surface area contributed by atoms with Crippen molar-refractivity contribution in [2.24, 2.45) is 0 Å². The maximum atomic E-state index is 13.0. The van der Waals surface area contributed by atoms with Gasteiger partial charge in [-0.2, -0.15) is 0 Å². The van der Waals surface area contributed by atoms with Crippen LogP contribution in [0.1, 0.15) is 29.6 Å². The molecular formula is C20H25Cl2N3O2. The molecule has 2 bridgehead atoms. The normalized spacial score (nSPS) is 20.9. The third kappa shape index (κ3) is 4.72. The summed E-state index contributed by atoms with van der Waals surface area (Å²) in [6, 6.07) is 10.8. The van der Waals surface area contributed by atoms with Crippen molar-refractivity contribution in [2.75, 3.05) is 20.2 Å². The highest BCUT2D eigenvalue weighted by Gasteiger charge is 2.31. The molecule has 2 aliphatic heterocycles. The number of ether oxygens (including phenoxy) is 1. The molecule has 27 heavy (non-hydrogen) atoms. The Morgan fingerprint density at radius 3 is 2.56 bits per heavy atom. The molecule has 1 aromatic carbocycles. The van der Waals surface area contributed by atoms with Crippen molar-refractivity contribution in [2.45, 2.75) is 31.3 Å². The quantitative estimate of drug-likeness (QED) is 0.841. The molecule has 0 aliphatic carbocycles. The number of nitrogens with zero attached hydrogens (tertiary/aromatic N) is 2. The molecule has 1 aromatic heterocycles. The van der Waals surface area contributed by atoms with Gasteiger partial charge in [0.15, 0.2) is 0 Å². The zero-order valence-corrected chi connectivity index (χ0v) is 16.9. The molecule has 146 valence electrons. The maximum Gasteiger partial charge on any atom is 0.255 e. The minimum atomic E-state index is 0. The fourth-order valence-electron chi connectivity index (χ4n) is 3.81. The van der Waals surface area contributed by atoms with Crippen LogP contribution in [0, 0.1) is 0 Å². The number of methoxy groups -OCH3 is 1. The average Bonchev–Trinajstić information content (AvgIpc) is 3.00. The Kier molecular flexibility index (Phi) is 7.48. The summed E-state index contributed by atoms with van der Waals surface area (Å²) in [5.41, 5.74) is 2.63. The number of likely N-dealkylation sites (tertiary alicyclic amines) is 1. The van der Waals surface area contributed by atoms with Crippen molar-refractivity contribution in [1.82, 2.24) is 15.2 Å². The number of carbonyl (C=O) groups excluding carboxylic acids is 1. The highest BCUT2D eigenvalue weighted by Crippen LogP contribution is 2.24. The van der Waals surface area contributed by atoms with E-state index in [-0.39, 0.29) is 30.7 Å². The van der Waals surface area contributed by atoms with Crippen molar-refractivity contribution in [3.05, 3.63) is 48.3 Å². The van der Waals surface area contributed by atoms with Crippen LogP contribution in [0.25, 0.3) is 11.1 Å². The largest absolute Gasteiger partial charge is 0.497 e. The van der Waals surface area contributed by atoms with Crippen LogP contribution in [-0.4, -0.2) is 48.1 Å². The second-order valence-corrected chi connectivity index (χ2v) is 6.87. The van der Waals surface area contributed by atoms with Gasteiger partial charge in [-0.15, -0.1) is 24.8 Å². The first-order chi connectivity index (χ1) is 12.2. The van der Waals surface area contributed by atoms with E-state index in [2.05, 4.69) is 10.3 Å². The van der Waals surface area contributed by atoms with Crippen molar-refractivity contribution in [1.29, 1.82) is 0 Å². The number of nitrogens with one attached hydrogen (secondary N) is 1. The molecule has 0 radical (unpaired) electrons. The van der Waals surface area contributed by atoms with Gasteiger partial charge in [-0.05, 0) is 43.0 Å². The molecule has 1 N–H and O–H groups in total. The van der Waals surface area contributed by atoms with E-state index in [9.17, 15) is 4.79 Å². The van der Waals surface area contributed by atoms with Crippen LogP contribution in [0.2, 0.25) is 0 Å². The summed E-state index contributed by atoms with van der Waals surface area (Å²) in [7, 11) is 1.65. The first-order valence-corrected chi connectivity index (χ1v) is 8.88. The van der Waals surface area contributed by atoms with Gasteiger partial charge in [0, 0.05) is 43.1 Å². The first kappa shape index (κ1) is 21.5. The monoisotopic (exact) mass is 409 g/mol. The number of pyridine rings is 1. The summed E-state index contributed by atoms with van der Waals surface area (Å²) in [6.45, 7) is 1.61. The van der Waals surface area contributed by atoms with Gasteiger partial charge in [0.05, 0.1) is 12.7 Å². The molecule has 0 saturated carbocycles. The number of aromatic nitrogens is 1. The van der Waals surface area contributed by atoms with Gasteiger partial charge in [0.1, 0.15) is 5.75 Å². The van der Waals surface area contributed by atoms with Crippen molar-refractivity contribution in [3.8, 4) is 16.9 Å². The predicted octanol–water partition coefficient (Wildman–Crippen LogP) is 3.57. The van der Waals surface area contributed by atoms with E-state index in [0.717, 1.165) is 36.4 Å². The molecule has 2 aliphatic rings. The van der Waals surface area contributed by atoms with Crippen LogP contribution in [0.15, 0.2) is 42.7 Å². The molecule has 3 heterocycles. The predicted molar refractivity (Wildman–Crippen MR) is 111 cm³/mol. The fraction of sp³-hybridized carbons (Fsp3) is 0.400. The number of carbonyl (C=O) groups is 1. The van der Waals surface area contributed by atoms with Gasteiger partial charge < -0.3 is 15.0 Å². The van der Waals surface area contributed by atoms with Gasteiger partial charge >= 0.3 is 0 Å². The van der Waals surface area contributed by atoms with E-state index in [0.29, 0.717) is 17.6 Å². The standard InChI is InChI=1S/C20H23N3O2.2ClH/c1-25-19-6-2-14(3-7-19)15-10-16(12-21-11-15)20(24)23-9-8-17-4-5-18(13-23)22-17;;/h2-3,6-7,10-12,17-18,22H,4-5,8-9,13H2,1H3;2*1H. The lowest BCUT2D eigenvalue weighted by molar-refractivity contribution is 0.0748. The van der Waals surface area contributed by atoms with Crippen LogP contribution < -0.4 is 10.1 Å². The fourth-order valence-corrected chi connectivity index (χ4v) is 3.81. The van der Waals surface area contributed by atoms with E-state index in [4.69, 9.17) is 4.74 Å². The van der Waals surface area contributed by atoms with Crippen molar-refractivity contribution >= 4 is 30.7 Å². The topological polar surface area (TPSA) is 54.5 Å². The average molecular weight is 410 g/mol. The smallest absolute Gasteiger partial charge is 0.255 e. The maximum absolute atomic E-state index is 13.0. The molecule has 2 atom stereocenters. The van der Waals surface area contributed by atoms with Crippen LogP contribution >= 0.6 is 24.8 Å². The second kappa shape index (κ2) is 9.40. The number of rotatable bonds is 3. The Balaban J connectivity index is 0.00000131. The van der Waals surface area contributed by atoms with E-state index >= 15 is 0 Å². The molecule has 2 fully saturated rings. The molecule has 2 saturated heterocycles. The molecule has 5 nitrogen and oxygen atoms in total. The number of benzene rings is 1. The lowest BCUT2D eigenvalue weighted by Gasteiger charge is -2.24. The number of halogens is 2. The van der Waals surface area contributed by atoms with Crippen molar-refractivity contribution < 1.29 is 9.53 Å². The number of fused-ring (bicyclic) bond motifs is 2. The lowest BCUT2D eigenvalue weighted by Crippen LogP contribution is -2.39. The number of hydrogen-bond donors (Lipinski definition) is 1. The van der Waals surface area contributed by atoms with Crippen LogP contribution in [0.3, 0.4) is 0 Å². The zero-order valence-electron chi connectivity index (χ0n) is 15.3. The Hall–Kier alpha value is -1.82. The molecule has 4 rings (SSSR count). The van der Waals surface area contributed by atoms with E-state index in [1.54, 1.807) is 19.5 Å². The van der Waals surface area contributed by atoms with Gasteiger partial charge in [0.2, 0.25) is 0 Å². The first-order valence-electron chi connectivity index (χ1n) is 8.88. The van der Waals surface area contributed by atoms with Crippen LogP contribution in [0.4, 0.5) is 0 Å². The summed E-state index contributed by atoms with van der Waals surface area (Å²) in [5.74, 6) is 0.897. The van der Waals surface area contributed by atoms with E-state index < -0.39 is 0 Å². The minimum Gasteiger partial charge on any atom is -0.497 e. The van der Waals surface area contributed by atoms with Crippen LogP contribution in [0.5, 0.6) is 5.75 Å². The summed E-state index contributed by atoms with van der Waals surface area (Å²) in [4.78, 5) is 19.2. The van der Waals surface area contributed by atoms with E-state index in [1.165, 1.54) is 12.8 Å². The van der Waals surface area contributed by atoms with Gasteiger partial charge in [-0.1, -0.05) is 12.1 Å². The Labute approximate surface area is 172 Å². The lowest BCUT2D eigenvalue weighted by atomic mass is 10.0. The minimum absolute atomic E-state index is 0.